The van der Waals surface area contributed by atoms with Gasteiger partial charge in [-0.15, -0.1) is 21.1 Å². The zero-order chi connectivity index (χ0) is 26.0. The van der Waals surface area contributed by atoms with E-state index in [-0.39, 0.29) is 35.9 Å². The molecule has 3 amide bonds. The van der Waals surface area contributed by atoms with Gasteiger partial charge >= 0.3 is 12.0 Å². The smallest absolute Gasteiger partial charge is 0.355 e. The van der Waals surface area contributed by atoms with E-state index < -0.39 is 18.0 Å². The monoisotopic (exact) mass is 517 g/mol. The molecule has 192 valence electrons. The molecule has 0 bridgehead atoms. The molecule has 0 radical (unpaired) electrons. The molecule has 0 saturated carbocycles. The van der Waals surface area contributed by atoms with Crippen LogP contribution in [0.2, 0.25) is 0 Å². The van der Waals surface area contributed by atoms with Gasteiger partial charge in [0.15, 0.2) is 18.1 Å². The number of fused-ring (bicyclic) bond motifs is 1. The first kappa shape index (κ1) is 25.3. The molecular formula is C22H29N8O5S+. The SMILES string of the molecule is Cn1c(N)c(NC(=O)NCCN)c[n+]1CC1=C(C(=O)OCc2ccc(O)cc2)N2C(=O)[C@@H](N)[C@H]2SC1. The average molecular weight is 518 g/mol. The Morgan fingerprint density at radius 3 is 2.72 bits per heavy atom. The zero-order valence-corrected chi connectivity index (χ0v) is 20.5. The van der Waals surface area contributed by atoms with Gasteiger partial charge in [0.05, 0.1) is 7.05 Å². The molecule has 2 aromatic rings. The van der Waals surface area contributed by atoms with Crippen LogP contribution in [0.4, 0.5) is 16.3 Å². The van der Waals surface area contributed by atoms with Gasteiger partial charge in [0.2, 0.25) is 12.1 Å². The van der Waals surface area contributed by atoms with Gasteiger partial charge < -0.3 is 32.4 Å². The van der Waals surface area contributed by atoms with E-state index in [0.29, 0.717) is 41.5 Å². The molecule has 0 aliphatic carbocycles. The summed E-state index contributed by atoms with van der Waals surface area (Å²) in [7, 11) is 1.71. The summed E-state index contributed by atoms with van der Waals surface area (Å²) in [6.45, 7) is 0.799. The van der Waals surface area contributed by atoms with Crippen LogP contribution in [-0.2, 0) is 34.5 Å². The van der Waals surface area contributed by atoms with Gasteiger partial charge in [0, 0.05) is 24.4 Å². The lowest BCUT2D eigenvalue weighted by molar-refractivity contribution is -0.765. The topological polar surface area (TPSA) is 195 Å². The highest BCUT2D eigenvalue weighted by molar-refractivity contribution is 8.00. The van der Waals surface area contributed by atoms with Crippen molar-refractivity contribution < 1.29 is 28.9 Å². The van der Waals surface area contributed by atoms with Crippen LogP contribution < -0.4 is 32.5 Å². The van der Waals surface area contributed by atoms with Crippen molar-refractivity contribution in [2.45, 2.75) is 24.6 Å². The van der Waals surface area contributed by atoms with Gasteiger partial charge in [-0.25, -0.2) is 9.59 Å². The highest BCUT2D eigenvalue weighted by atomic mass is 32.2. The van der Waals surface area contributed by atoms with Gasteiger partial charge in [-0.1, -0.05) is 12.1 Å². The number of hydrogen-bond acceptors (Lipinski definition) is 9. The van der Waals surface area contributed by atoms with Crippen molar-refractivity contribution in [1.29, 1.82) is 0 Å². The van der Waals surface area contributed by atoms with Gasteiger partial charge in [-0.3, -0.25) is 15.0 Å². The Kier molecular flexibility index (Phi) is 7.37. The standard InChI is InChI=1S/C22H28N8O5S/c1-28-18(25)15(27-22(34)26-7-6-23)9-29(28)8-13-11-36-20-16(24)19(32)30(20)17(13)21(33)35-10-12-2-4-14(31)5-3-12/h2-5,9,16,20,25H,6-8,10-11,23-24H2,1H3,(H3,26,27,31,34)/p+1/t16-,20-/m1/s1. The molecule has 1 fully saturated rings. The summed E-state index contributed by atoms with van der Waals surface area (Å²) in [5.41, 5.74) is 19.4. The highest BCUT2D eigenvalue weighted by Crippen LogP contribution is 2.40. The molecule has 1 aromatic carbocycles. The van der Waals surface area contributed by atoms with E-state index >= 15 is 0 Å². The van der Waals surface area contributed by atoms with E-state index in [1.165, 1.54) is 28.8 Å². The minimum atomic E-state index is -0.683. The summed E-state index contributed by atoms with van der Waals surface area (Å²) in [5.74, 6) is -0.142. The van der Waals surface area contributed by atoms with E-state index in [9.17, 15) is 19.5 Å². The lowest BCUT2D eigenvalue weighted by Crippen LogP contribution is -2.68. The second-order valence-corrected chi connectivity index (χ2v) is 9.45. The highest BCUT2D eigenvalue weighted by Gasteiger charge is 2.52. The van der Waals surface area contributed by atoms with Gasteiger partial charge in [0.1, 0.15) is 29.5 Å². The number of benzene rings is 1. The number of thioether (sulfide) groups is 1. The second kappa shape index (κ2) is 10.5. The van der Waals surface area contributed by atoms with Crippen LogP contribution in [0.1, 0.15) is 5.56 Å². The average Bonchev–Trinajstić information content (AvgIpc) is 3.13. The minimum absolute atomic E-state index is 0.0297. The van der Waals surface area contributed by atoms with E-state index in [1.54, 1.807) is 34.7 Å². The van der Waals surface area contributed by atoms with Gasteiger partial charge in [-0.2, -0.15) is 0 Å². The quantitative estimate of drug-likeness (QED) is 0.143. The predicted molar refractivity (Wildman–Crippen MR) is 132 cm³/mol. The van der Waals surface area contributed by atoms with Crippen LogP contribution in [0.3, 0.4) is 0 Å². The predicted octanol–water partition coefficient (Wildman–Crippen LogP) is -1.08. The summed E-state index contributed by atoms with van der Waals surface area (Å²) >= 11 is 1.47. The van der Waals surface area contributed by atoms with Crippen LogP contribution >= 0.6 is 11.8 Å². The lowest BCUT2D eigenvalue weighted by atomic mass is 10.0. The minimum Gasteiger partial charge on any atom is -0.508 e. The second-order valence-electron chi connectivity index (χ2n) is 8.35. The number of nitrogens with zero attached hydrogens (tertiary/aromatic N) is 3. The van der Waals surface area contributed by atoms with E-state index in [4.69, 9.17) is 21.9 Å². The Bertz CT molecular complexity index is 1210. The third-order valence-corrected chi connectivity index (χ3v) is 7.27. The van der Waals surface area contributed by atoms with Crippen LogP contribution in [0.15, 0.2) is 41.7 Å². The first-order valence-corrected chi connectivity index (χ1v) is 12.2. The first-order valence-electron chi connectivity index (χ1n) is 11.2. The van der Waals surface area contributed by atoms with Crippen LogP contribution in [0, 0.1) is 0 Å². The molecule has 9 N–H and O–H groups in total. The van der Waals surface area contributed by atoms with Gasteiger partial charge in [0.25, 0.3) is 0 Å². The molecule has 0 spiro atoms. The fraction of sp³-hybridized carbons (Fsp3) is 0.364. The Morgan fingerprint density at radius 2 is 2.03 bits per heavy atom. The summed E-state index contributed by atoms with van der Waals surface area (Å²) in [6, 6.07) is 5.15. The zero-order valence-electron chi connectivity index (χ0n) is 19.6. The van der Waals surface area contributed by atoms with Crippen molar-refractivity contribution in [3.8, 4) is 5.75 Å². The van der Waals surface area contributed by atoms with Crippen molar-refractivity contribution in [3.63, 3.8) is 0 Å². The third kappa shape index (κ3) is 4.96. The Balaban J connectivity index is 1.58. The van der Waals surface area contributed by atoms with Crippen molar-refractivity contribution in [2.75, 3.05) is 29.9 Å². The molecule has 2 aliphatic rings. The molecule has 0 unspecified atom stereocenters. The number of phenolic OH excluding ortho intramolecular Hbond substituents is 1. The van der Waals surface area contributed by atoms with E-state index in [0.717, 1.165) is 0 Å². The number of nitrogens with two attached hydrogens (primary N) is 3. The number of aromatic nitrogens is 2. The molecule has 13 nitrogen and oxygen atoms in total. The van der Waals surface area contributed by atoms with Crippen LogP contribution in [-0.4, -0.2) is 62.9 Å². The first-order chi connectivity index (χ1) is 17.2. The number of hydrogen-bond donors (Lipinski definition) is 6. The number of carbonyl (C=O) groups is 3. The van der Waals surface area contributed by atoms with Crippen molar-refractivity contribution in [1.82, 2.24) is 14.9 Å². The van der Waals surface area contributed by atoms with Gasteiger partial charge in [-0.05, 0) is 17.7 Å². The fourth-order valence-corrected chi connectivity index (χ4v) is 5.19. The number of β-lactam (4-membered cyclic amide) rings is 1. The number of anilines is 2. The molecular weight excluding hydrogens is 488 g/mol. The largest absolute Gasteiger partial charge is 0.508 e. The van der Waals surface area contributed by atoms with Crippen LogP contribution in [0.5, 0.6) is 5.75 Å². The Hall–Kier alpha value is -3.75. The molecule has 36 heavy (non-hydrogen) atoms. The van der Waals surface area contributed by atoms with E-state index in [2.05, 4.69) is 10.6 Å². The Morgan fingerprint density at radius 1 is 1.31 bits per heavy atom. The summed E-state index contributed by atoms with van der Waals surface area (Å²) in [6.07, 6.45) is 1.64. The summed E-state index contributed by atoms with van der Waals surface area (Å²) < 4.78 is 8.88. The van der Waals surface area contributed by atoms with Crippen molar-refractivity contribution >= 4 is 41.2 Å². The number of rotatable bonds is 8. The fourth-order valence-electron chi connectivity index (χ4n) is 3.91. The number of carbonyl (C=O) groups excluding carboxylic acids is 3. The van der Waals surface area contributed by atoms with Crippen molar-refractivity contribution in [3.05, 3.63) is 47.3 Å². The summed E-state index contributed by atoms with van der Waals surface area (Å²) in [5, 5.41) is 14.4. The number of aromatic hydroxyl groups is 1. The Labute approximate surface area is 211 Å². The number of urea groups is 1. The lowest BCUT2D eigenvalue weighted by Gasteiger charge is -2.47. The van der Waals surface area contributed by atoms with E-state index in [1.807, 2.05) is 0 Å². The van der Waals surface area contributed by atoms with Crippen molar-refractivity contribution in [2.24, 2.45) is 18.5 Å². The number of amides is 3. The molecule has 14 heteroatoms. The number of nitrogens with one attached hydrogen (secondary N) is 2. The molecule has 2 atom stereocenters. The number of esters is 1. The number of ether oxygens (including phenoxy) is 1. The number of nitrogen functional groups attached to an aromatic ring is 1. The molecule has 3 heterocycles. The molecule has 4 rings (SSSR count). The van der Waals surface area contributed by atoms with Crippen LogP contribution in [0.25, 0.3) is 0 Å². The third-order valence-electron chi connectivity index (χ3n) is 5.91. The molecule has 2 aliphatic heterocycles. The molecule has 1 saturated heterocycles. The maximum atomic E-state index is 13.2. The summed E-state index contributed by atoms with van der Waals surface area (Å²) in [4.78, 5) is 39.2. The number of phenols is 1. The maximum Gasteiger partial charge on any atom is 0.355 e. The maximum absolute atomic E-state index is 13.2. The molecule has 1 aromatic heterocycles. The normalized spacial score (nSPS) is 19.0.